The number of nitrogens with one attached hydrogen (secondary N) is 2. The van der Waals surface area contributed by atoms with Crippen LogP contribution in [0.15, 0.2) is 36.4 Å². The van der Waals surface area contributed by atoms with Crippen LogP contribution in [0, 0.1) is 15.9 Å². The molecule has 0 unspecified atom stereocenters. The Morgan fingerprint density at radius 3 is 2.55 bits per heavy atom. The molecule has 20 heavy (non-hydrogen) atoms. The van der Waals surface area contributed by atoms with Gasteiger partial charge in [0.15, 0.2) is 0 Å². The highest BCUT2D eigenvalue weighted by Crippen LogP contribution is 2.34. The Morgan fingerprint density at radius 1 is 1.25 bits per heavy atom. The second kappa shape index (κ2) is 5.72. The number of nitro benzene ring substituents is 1. The van der Waals surface area contributed by atoms with E-state index in [4.69, 9.17) is 17.4 Å². The largest absolute Gasteiger partial charge is 0.350 e. The van der Waals surface area contributed by atoms with Gasteiger partial charge in [-0.15, -0.1) is 0 Å². The number of para-hydroxylation sites is 1. The molecule has 0 aliphatic rings. The number of nitro groups is 1. The highest BCUT2D eigenvalue weighted by Gasteiger charge is 2.19. The van der Waals surface area contributed by atoms with E-state index in [1.165, 1.54) is 24.3 Å². The maximum absolute atomic E-state index is 13.2. The Hall–Kier alpha value is -2.38. The second-order valence-corrected chi connectivity index (χ2v) is 4.32. The Balaban J connectivity index is 2.45. The molecule has 0 radical (unpaired) electrons. The molecule has 2 aromatic rings. The Bertz CT molecular complexity index is 646. The van der Waals surface area contributed by atoms with Crippen molar-refractivity contribution in [3.8, 4) is 0 Å². The molecule has 4 N–H and O–H groups in total. The first-order valence-electron chi connectivity index (χ1n) is 5.48. The SMILES string of the molecule is NNc1cccc(Nc2cc(F)cc(Cl)c2)c1[N+](=O)[O-]. The van der Waals surface area contributed by atoms with Gasteiger partial charge in [-0.1, -0.05) is 17.7 Å². The molecule has 0 aromatic heterocycles. The van der Waals surface area contributed by atoms with Crippen LogP contribution >= 0.6 is 11.6 Å². The van der Waals surface area contributed by atoms with Gasteiger partial charge in [0.2, 0.25) is 0 Å². The van der Waals surface area contributed by atoms with Gasteiger partial charge in [-0.2, -0.15) is 0 Å². The normalized spacial score (nSPS) is 10.2. The minimum Gasteiger partial charge on any atom is -0.350 e. The molecule has 0 heterocycles. The lowest BCUT2D eigenvalue weighted by molar-refractivity contribution is -0.383. The summed E-state index contributed by atoms with van der Waals surface area (Å²) >= 11 is 5.73. The van der Waals surface area contributed by atoms with E-state index >= 15 is 0 Å². The molecule has 0 fully saturated rings. The number of halogens is 2. The van der Waals surface area contributed by atoms with Crippen LogP contribution in [0.25, 0.3) is 0 Å². The molecule has 104 valence electrons. The quantitative estimate of drug-likeness (QED) is 0.456. The van der Waals surface area contributed by atoms with E-state index in [0.29, 0.717) is 5.69 Å². The average molecular weight is 297 g/mol. The lowest BCUT2D eigenvalue weighted by Gasteiger charge is -2.10. The summed E-state index contributed by atoms with van der Waals surface area (Å²) in [5, 5.41) is 14.0. The van der Waals surface area contributed by atoms with Gasteiger partial charge in [0.25, 0.3) is 0 Å². The summed E-state index contributed by atoms with van der Waals surface area (Å²) < 4.78 is 13.2. The maximum Gasteiger partial charge on any atom is 0.316 e. The number of nitrogens with zero attached hydrogens (tertiary/aromatic N) is 1. The van der Waals surface area contributed by atoms with Crippen LogP contribution in [-0.4, -0.2) is 4.92 Å². The lowest BCUT2D eigenvalue weighted by atomic mass is 10.2. The van der Waals surface area contributed by atoms with Gasteiger partial charge in [0, 0.05) is 10.7 Å². The van der Waals surface area contributed by atoms with E-state index in [-0.39, 0.29) is 22.1 Å². The fraction of sp³-hybridized carbons (Fsp3) is 0. The van der Waals surface area contributed by atoms with Crippen molar-refractivity contribution in [2.45, 2.75) is 0 Å². The van der Waals surface area contributed by atoms with Crippen molar-refractivity contribution in [2.75, 3.05) is 10.7 Å². The van der Waals surface area contributed by atoms with Crippen LogP contribution in [0.4, 0.5) is 27.1 Å². The zero-order valence-electron chi connectivity index (χ0n) is 10.1. The van der Waals surface area contributed by atoms with Gasteiger partial charge >= 0.3 is 5.69 Å². The third-order valence-electron chi connectivity index (χ3n) is 2.52. The predicted octanol–water partition coefficient (Wildman–Crippen LogP) is 3.42. The van der Waals surface area contributed by atoms with E-state index in [0.717, 1.165) is 6.07 Å². The topological polar surface area (TPSA) is 93.2 Å². The first kappa shape index (κ1) is 14.0. The third kappa shape index (κ3) is 2.95. The number of hydrogen-bond donors (Lipinski definition) is 3. The zero-order chi connectivity index (χ0) is 14.7. The molecule has 0 bridgehead atoms. The molecule has 0 aliphatic heterocycles. The molecule has 0 spiro atoms. The molecular weight excluding hydrogens is 287 g/mol. The van der Waals surface area contributed by atoms with Gasteiger partial charge in [0.1, 0.15) is 17.2 Å². The van der Waals surface area contributed by atoms with E-state index < -0.39 is 10.7 Å². The van der Waals surface area contributed by atoms with Crippen molar-refractivity contribution < 1.29 is 9.31 Å². The average Bonchev–Trinajstić information content (AvgIpc) is 2.36. The fourth-order valence-corrected chi connectivity index (χ4v) is 1.96. The fourth-order valence-electron chi connectivity index (χ4n) is 1.74. The van der Waals surface area contributed by atoms with Crippen LogP contribution in [0.5, 0.6) is 0 Å². The number of hydrazine groups is 1. The van der Waals surface area contributed by atoms with Crippen LogP contribution in [0.2, 0.25) is 5.02 Å². The van der Waals surface area contributed by atoms with Crippen molar-refractivity contribution in [2.24, 2.45) is 5.84 Å². The molecule has 8 heteroatoms. The maximum atomic E-state index is 13.2. The van der Waals surface area contributed by atoms with Gasteiger partial charge in [-0.3, -0.25) is 16.0 Å². The number of nitrogen functional groups attached to an aromatic ring is 1. The monoisotopic (exact) mass is 296 g/mol. The first-order valence-corrected chi connectivity index (χ1v) is 5.86. The number of hydrogen-bond acceptors (Lipinski definition) is 5. The van der Waals surface area contributed by atoms with Gasteiger partial charge in [0.05, 0.1) is 4.92 Å². The smallest absolute Gasteiger partial charge is 0.316 e. The number of benzene rings is 2. The van der Waals surface area contributed by atoms with E-state index in [1.54, 1.807) is 6.07 Å². The Morgan fingerprint density at radius 2 is 1.95 bits per heavy atom. The van der Waals surface area contributed by atoms with Crippen molar-refractivity contribution >= 4 is 34.4 Å². The lowest BCUT2D eigenvalue weighted by Crippen LogP contribution is -2.10. The minimum absolute atomic E-state index is 0.141. The van der Waals surface area contributed by atoms with E-state index in [9.17, 15) is 14.5 Å². The summed E-state index contributed by atoms with van der Waals surface area (Å²) in [6.07, 6.45) is 0. The summed E-state index contributed by atoms with van der Waals surface area (Å²) in [4.78, 5) is 10.5. The number of nitrogens with two attached hydrogens (primary N) is 1. The molecule has 0 atom stereocenters. The zero-order valence-corrected chi connectivity index (χ0v) is 10.8. The van der Waals surface area contributed by atoms with Crippen LogP contribution < -0.4 is 16.6 Å². The molecule has 0 saturated heterocycles. The van der Waals surface area contributed by atoms with E-state index in [2.05, 4.69) is 10.7 Å². The highest BCUT2D eigenvalue weighted by molar-refractivity contribution is 6.30. The Labute approximate surface area is 118 Å². The summed E-state index contributed by atoms with van der Waals surface area (Å²) in [5.74, 6) is 4.69. The van der Waals surface area contributed by atoms with Gasteiger partial charge < -0.3 is 10.7 Å². The van der Waals surface area contributed by atoms with Crippen molar-refractivity contribution in [3.63, 3.8) is 0 Å². The molecule has 0 saturated carbocycles. The molecule has 2 aromatic carbocycles. The number of anilines is 3. The summed E-state index contributed by atoms with van der Waals surface area (Å²) in [5.41, 5.74) is 2.62. The molecule has 2 rings (SSSR count). The molecule has 6 nitrogen and oxygen atoms in total. The van der Waals surface area contributed by atoms with Crippen molar-refractivity contribution in [1.29, 1.82) is 0 Å². The van der Waals surface area contributed by atoms with Crippen LogP contribution in [0.1, 0.15) is 0 Å². The van der Waals surface area contributed by atoms with Crippen LogP contribution in [-0.2, 0) is 0 Å². The highest BCUT2D eigenvalue weighted by atomic mass is 35.5. The van der Waals surface area contributed by atoms with Crippen molar-refractivity contribution in [3.05, 3.63) is 57.4 Å². The number of rotatable bonds is 4. The summed E-state index contributed by atoms with van der Waals surface area (Å²) in [6, 6.07) is 8.29. The molecular formula is C12H10ClFN4O2. The summed E-state index contributed by atoms with van der Waals surface area (Å²) in [7, 11) is 0. The van der Waals surface area contributed by atoms with Crippen LogP contribution in [0.3, 0.4) is 0 Å². The standard InChI is InChI=1S/C12H10ClFN4O2/c13-7-4-8(14)6-9(5-7)16-10-2-1-3-11(17-15)12(10)18(19)20/h1-6,16-17H,15H2. The summed E-state index contributed by atoms with van der Waals surface area (Å²) in [6.45, 7) is 0. The molecule has 0 aliphatic carbocycles. The first-order chi connectivity index (χ1) is 9.51. The van der Waals surface area contributed by atoms with Gasteiger partial charge in [-0.25, -0.2) is 4.39 Å². The second-order valence-electron chi connectivity index (χ2n) is 3.89. The third-order valence-corrected chi connectivity index (χ3v) is 2.73. The Kier molecular flexibility index (Phi) is 4.02. The minimum atomic E-state index is -0.585. The van der Waals surface area contributed by atoms with Crippen molar-refractivity contribution in [1.82, 2.24) is 0 Å². The molecule has 0 amide bonds. The van der Waals surface area contributed by atoms with E-state index in [1.807, 2.05) is 0 Å². The van der Waals surface area contributed by atoms with Gasteiger partial charge in [-0.05, 0) is 30.3 Å². The predicted molar refractivity (Wildman–Crippen MR) is 75.6 cm³/mol.